The van der Waals surface area contributed by atoms with Gasteiger partial charge < -0.3 is 5.11 Å². The summed E-state index contributed by atoms with van der Waals surface area (Å²) >= 11 is 0. The zero-order valence-corrected chi connectivity index (χ0v) is 11.8. The van der Waals surface area contributed by atoms with E-state index in [4.69, 9.17) is 0 Å². The third kappa shape index (κ3) is 3.42. The molecule has 1 aromatic carbocycles. The molecule has 19 heavy (non-hydrogen) atoms. The molecule has 0 aliphatic rings. The van der Waals surface area contributed by atoms with Gasteiger partial charge in [0.05, 0.1) is 6.10 Å². The van der Waals surface area contributed by atoms with Gasteiger partial charge in [-0.3, -0.25) is 4.98 Å². The molecule has 2 nitrogen and oxygen atoms in total. The minimum Gasteiger partial charge on any atom is -0.388 e. The molecule has 0 saturated carbocycles. The number of benzene rings is 1. The first kappa shape index (κ1) is 13.8. The zero-order valence-electron chi connectivity index (χ0n) is 11.8. The van der Waals surface area contributed by atoms with Crippen LogP contribution in [0.15, 0.2) is 42.7 Å². The van der Waals surface area contributed by atoms with Crippen LogP contribution in [0.25, 0.3) is 0 Å². The Bertz CT molecular complexity index is 531. The Morgan fingerprint density at radius 3 is 2.37 bits per heavy atom. The Labute approximate surface area is 115 Å². The van der Waals surface area contributed by atoms with E-state index < -0.39 is 6.10 Å². The van der Waals surface area contributed by atoms with E-state index in [0.717, 1.165) is 16.7 Å². The van der Waals surface area contributed by atoms with Crippen LogP contribution in [0.2, 0.25) is 0 Å². The maximum Gasteiger partial charge on any atom is 0.0834 e. The van der Waals surface area contributed by atoms with Gasteiger partial charge in [0.15, 0.2) is 0 Å². The number of pyridine rings is 1. The van der Waals surface area contributed by atoms with Crippen LogP contribution in [0.3, 0.4) is 0 Å². The number of aliphatic hydroxyl groups excluding tert-OH is 1. The summed E-state index contributed by atoms with van der Waals surface area (Å²) in [4.78, 5) is 4.05. The highest BCUT2D eigenvalue weighted by molar-refractivity contribution is 5.29. The van der Waals surface area contributed by atoms with Crippen molar-refractivity contribution in [2.24, 2.45) is 0 Å². The molecule has 0 spiro atoms. The van der Waals surface area contributed by atoms with Crippen LogP contribution < -0.4 is 0 Å². The Morgan fingerprint density at radius 2 is 1.79 bits per heavy atom. The molecule has 0 fully saturated rings. The fraction of sp³-hybridized carbons (Fsp3) is 0.353. The summed E-state index contributed by atoms with van der Waals surface area (Å²) in [5, 5.41) is 10.3. The van der Waals surface area contributed by atoms with E-state index in [1.54, 1.807) is 12.4 Å². The molecule has 0 bridgehead atoms. The first-order valence-corrected chi connectivity index (χ1v) is 6.75. The molecule has 1 aromatic heterocycles. The number of aliphatic hydroxyl groups is 1. The van der Waals surface area contributed by atoms with E-state index in [9.17, 15) is 5.11 Å². The second-order valence-corrected chi connectivity index (χ2v) is 5.35. The van der Waals surface area contributed by atoms with Gasteiger partial charge in [-0.25, -0.2) is 0 Å². The predicted molar refractivity (Wildman–Crippen MR) is 78.2 cm³/mol. The van der Waals surface area contributed by atoms with Crippen molar-refractivity contribution in [1.29, 1.82) is 0 Å². The standard InChI is InChI=1S/C17H21NO/c1-12(2)15-6-4-14(5-7-15)10-17(19)16-8-9-18-11-13(16)3/h4-9,11-12,17,19H,10H2,1-3H3. The van der Waals surface area contributed by atoms with E-state index in [2.05, 4.69) is 43.1 Å². The normalized spacial score (nSPS) is 12.7. The molecule has 0 aliphatic carbocycles. The molecule has 0 radical (unpaired) electrons. The molecule has 0 saturated heterocycles. The molecule has 1 unspecified atom stereocenters. The Balaban J connectivity index is 2.11. The molecule has 2 aromatic rings. The highest BCUT2D eigenvalue weighted by atomic mass is 16.3. The first-order valence-electron chi connectivity index (χ1n) is 6.75. The minimum atomic E-state index is -0.465. The van der Waals surface area contributed by atoms with Crippen molar-refractivity contribution < 1.29 is 5.11 Å². The minimum absolute atomic E-state index is 0.465. The number of hydrogen-bond donors (Lipinski definition) is 1. The summed E-state index contributed by atoms with van der Waals surface area (Å²) in [5.41, 5.74) is 4.49. The smallest absolute Gasteiger partial charge is 0.0834 e. The highest BCUT2D eigenvalue weighted by Gasteiger charge is 2.11. The summed E-state index contributed by atoms with van der Waals surface area (Å²) in [6.07, 6.45) is 3.70. The largest absolute Gasteiger partial charge is 0.388 e. The molecule has 2 heteroatoms. The molecule has 0 amide bonds. The van der Waals surface area contributed by atoms with Crippen LogP contribution in [0.4, 0.5) is 0 Å². The van der Waals surface area contributed by atoms with Gasteiger partial charge in [0.25, 0.3) is 0 Å². The van der Waals surface area contributed by atoms with Crippen molar-refractivity contribution in [2.45, 2.75) is 39.2 Å². The van der Waals surface area contributed by atoms with Crippen molar-refractivity contribution in [1.82, 2.24) is 4.98 Å². The number of aryl methyl sites for hydroxylation is 1. The molecule has 1 N–H and O–H groups in total. The number of nitrogens with zero attached hydrogens (tertiary/aromatic N) is 1. The van der Waals surface area contributed by atoms with Gasteiger partial charge in [0.2, 0.25) is 0 Å². The van der Waals surface area contributed by atoms with Gasteiger partial charge in [-0.1, -0.05) is 38.1 Å². The van der Waals surface area contributed by atoms with Crippen LogP contribution in [0, 0.1) is 6.92 Å². The quantitative estimate of drug-likeness (QED) is 0.901. The molecule has 0 aliphatic heterocycles. The van der Waals surface area contributed by atoms with Gasteiger partial charge in [0.1, 0.15) is 0 Å². The maximum atomic E-state index is 10.3. The summed E-state index contributed by atoms with van der Waals surface area (Å²) in [6.45, 7) is 6.35. The summed E-state index contributed by atoms with van der Waals surface area (Å²) < 4.78 is 0. The van der Waals surface area contributed by atoms with Crippen molar-refractivity contribution in [2.75, 3.05) is 0 Å². The Hall–Kier alpha value is -1.67. The Kier molecular flexibility index (Phi) is 4.33. The van der Waals surface area contributed by atoms with Crippen molar-refractivity contribution in [3.05, 3.63) is 65.0 Å². The van der Waals surface area contributed by atoms with Gasteiger partial charge in [-0.05, 0) is 41.2 Å². The third-order valence-corrected chi connectivity index (χ3v) is 3.50. The van der Waals surface area contributed by atoms with E-state index >= 15 is 0 Å². The van der Waals surface area contributed by atoms with Crippen LogP contribution in [0.1, 0.15) is 48.1 Å². The second-order valence-electron chi connectivity index (χ2n) is 5.35. The molecular formula is C17H21NO. The monoisotopic (exact) mass is 255 g/mol. The molecule has 1 heterocycles. The van der Waals surface area contributed by atoms with Crippen LogP contribution in [0.5, 0.6) is 0 Å². The van der Waals surface area contributed by atoms with Crippen LogP contribution in [-0.2, 0) is 6.42 Å². The molecule has 2 rings (SSSR count). The van der Waals surface area contributed by atoms with E-state index in [1.165, 1.54) is 5.56 Å². The zero-order chi connectivity index (χ0) is 13.8. The van der Waals surface area contributed by atoms with Gasteiger partial charge in [0, 0.05) is 18.8 Å². The lowest BCUT2D eigenvalue weighted by Crippen LogP contribution is -2.04. The fourth-order valence-corrected chi connectivity index (χ4v) is 2.23. The lowest BCUT2D eigenvalue weighted by Gasteiger charge is -2.14. The molecular weight excluding hydrogens is 234 g/mol. The third-order valence-electron chi connectivity index (χ3n) is 3.50. The number of hydrogen-bond acceptors (Lipinski definition) is 2. The fourth-order valence-electron chi connectivity index (χ4n) is 2.23. The average molecular weight is 255 g/mol. The second kappa shape index (κ2) is 5.98. The van der Waals surface area contributed by atoms with Crippen molar-refractivity contribution in [3.8, 4) is 0 Å². The lowest BCUT2D eigenvalue weighted by atomic mass is 9.96. The predicted octanol–water partition coefficient (Wildman–Crippen LogP) is 3.79. The van der Waals surface area contributed by atoms with Crippen molar-refractivity contribution in [3.63, 3.8) is 0 Å². The number of rotatable bonds is 4. The molecule has 1 atom stereocenters. The first-order chi connectivity index (χ1) is 9.08. The SMILES string of the molecule is Cc1cnccc1C(O)Cc1ccc(C(C)C)cc1. The summed E-state index contributed by atoms with van der Waals surface area (Å²) in [5.74, 6) is 0.543. The van der Waals surface area contributed by atoms with E-state index in [1.807, 2.05) is 13.0 Å². The van der Waals surface area contributed by atoms with E-state index in [-0.39, 0.29) is 0 Å². The average Bonchev–Trinajstić information content (AvgIpc) is 2.39. The van der Waals surface area contributed by atoms with E-state index in [0.29, 0.717) is 12.3 Å². The Morgan fingerprint density at radius 1 is 1.11 bits per heavy atom. The summed E-state index contributed by atoms with van der Waals surface area (Å²) in [6, 6.07) is 10.4. The lowest BCUT2D eigenvalue weighted by molar-refractivity contribution is 0.177. The molecule has 100 valence electrons. The highest BCUT2D eigenvalue weighted by Crippen LogP contribution is 2.22. The van der Waals surface area contributed by atoms with Gasteiger partial charge in [-0.2, -0.15) is 0 Å². The topological polar surface area (TPSA) is 33.1 Å². The maximum absolute atomic E-state index is 10.3. The van der Waals surface area contributed by atoms with Crippen LogP contribution >= 0.6 is 0 Å². The number of aromatic nitrogens is 1. The summed E-state index contributed by atoms with van der Waals surface area (Å²) in [7, 11) is 0. The van der Waals surface area contributed by atoms with Gasteiger partial charge >= 0.3 is 0 Å². The van der Waals surface area contributed by atoms with Crippen molar-refractivity contribution >= 4 is 0 Å². The van der Waals surface area contributed by atoms with Crippen LogP contribution in [-0.4, -0.2) is 10.1 Å². The van der Waals surface area contributed by atoms with Gasteiger partial charge in [-0.15, -0.1) is 0 Å².